The van der Waals surface area contributed by atoms with Crippen molar-refractivity contribution in [2.75, 3.05) is 13.1 Å². The van der Waals surface area contributed by atoms with Gasteiger partial charge in [0.05, 0.1) is 6.26 Å². The lowest BCUT2D eigenvalue weighted by Gasteiger charge is -2.11. The summed E-state index contributed by atoms with van der Waals surface area (Å²) in [7, 11) is 0. The fourth-order valence-electron chi connectivity index (χ4n) is 2.40. The van der Waals surface area contributed by atoms with Crippen LogP contribution in [0.5, 0.6) is 0 Å². The number of hydrogen-bond acceptors (Lipinski definition) is 2. The Balaban J connectivity index is 1.72. The van der Waals surface area contributed by atoms with E-state index in [2.05, 4.69) is 32.2 Å². The van der Waals surface area contributed by atoms with Crippen molar-refractivity contribution in [3.05, 3.63) is 24.2 Å². The van der Waals surface area contributed by atoms with Crippen molar-refractivity contribution in [2.24, 2.45) is 17.3 Å². The van der Waals surface area contributed by atoms with Gasteiger partial charge in [0.1, 0.15) is 5.76 Å². The Labute approximate surface area is 98.4 Å². The van der Waals surface area contributed by atoms with Crippen LogP contribution >= 0.6 is 0 Å². The monoisotopic (exact) mass is 221 g/mol. The SMILES string of the molecule is CC(C)CNCC1CC1(C)Cc1ccco1. The average molecular weight is 221 g/mol. The van der Waals surface area contributed by atoms with Crippen molar-refractivity contribution in [1.82, 2.24) is 5.32 Å². The first-order chi connectivity index (χ1) is 7.60. The maximum atomic E-state index is 5.42. The van der Waals surface area contributed by atoms with Crippen LogP contribution in [-0.4, -0.2) is 13.1 Å². The van der Waals surface area contributed by atoms with Crippen LogP contribution in [0, 0.1) is 17.3 Å². The standard InChI is InChI=1S/C14H23NO/c1-11(2)9-15-10-12-7-14(12,3)8-13-5-4-6-16-13/h4-6,11-12,15H,7-10H2,1-3H3. The minimum atomic E-state index is 0.474. The first-order valence-corrected chi connectivity index (χ1v) is 6.33. The number of rotatable bonds is 6. The number of hydrogen-bond donors (Lipinski definition) is 1. The minimum absolute atomic E-state index is 0.474. The predicted octanol–water partition coefficient (Wildman–Crippen LogP) is 3.09. The summed E-state index contributed by atoms with van der Waals surface area (Å²) in [5.74, 6) is 2.71. The van der Waals surface area contributed by atoms with Gasteiger partial charge in [0, 0.05) is 6.42 Å². The molecule has 0 amide bonds. The summed E-state index contributed by atoms with van der Waals surface area (Å²) < 4.78 is 5.42. The van der Waals surface area contributed by atoms with E-state index in [1.807, 2.05) is 6.07 Å². The molecule has 1 aromatic rings. The first kappa shape index (κ1) is 11.7. The third-order valence-electron chi connectivity index (χ3n) is 3.64. The van der Waals surface area contributed by atoms with Gasteiger partial charge in [0.25, 0.3) is 0 Å². The highest BCUT2D eigenvalue weighted by Gasteiger charge is 2.49. The zero-order chi connectivity index (χ0) is 11.6. The molecule has 2 nitrogen and oxygen atoms in total. The zero-order valence-corrected chi connectivity index (χ0v) is 10.6. The molecule has 2 unspecified atom stereocenters. The van der Waals surface area contributed by atoms with Crippen molar-refractivity contribution in [3.63, 3.8) is 0 Å². The van der Waals surface area contributed by atoms with Gasteiger partial charge in [0.2, 0.25) is 0 Å². The van der Waals surface area contributed by atoms with Gasteiger partial charge in [-0.3, -0.25) is 0 Å². The van der Waals surface area contributed by atoms with Crippen LogP contribution in [0.1, 0.15) is 33.0 Å². The van der Waals surface area contributed by atoms with E-state index in [4.69, 9.17) is 4.42 Å². The molecule has 1 aliphatic carbocycles. The van der Waals surface area contributed by atoms with Gasteiger partial charge in [-0.15, -0.1) is 0 Å². The van der Waals surface area contributed by atoms with E-state index in [0.29, 0.717) is 5.41 Å². The van der Waals surface area contributed by atoms with Crippen LogP contribution in [0.15, 0.2) is 22.8 Å². The quantitative estimate of drug-likeness (QED) is 0.798. The fourth-order valence-corrected chi connectivity index (χ4v) is 2.40. The minimum Gasteiger partial charge on any atom is -0.469 e. The zero-order valence-electron chi connectivity index (χ0n) is 10.6. The molecule has 0 aromatic carbocycles. The summed E-state index contributed by atoms with van der Waals surface area (Å²) in [6.45, 7) is 9.17. The highest BCUT2D eigenvalue weighted by atomic mass is 16.3. The summed E-state index contributed by atoms with van der Waals surface area (Å²) >= 11 is 0. The van der Waals surface area contributed by atoms with E-state index in [-0.39, 0.29) is 0 Å². The van der Waals surface area contributed by atoms with Crippen molar-refractivity contribution >= 4 is 0 Å². The number of furan rings is 1. The molecule has 16 heavy (non-hydrogen) atoms. The van der Waals surface area contributed by atoms with Crippen molar-refractivity contribution < 1.29 is 4.42 Å². The van der Waals surface area contributed by atoms with Crippen molar-refractivity contribution in [3.8, 4) is 0 Å². The van der Waals surface area contributed by atoms with Gasteiger partial charge in [-0.05, 0) is 48.9 Å². The van der Waals surface area contributed by atoms with Crippen LogP contribution < -0.4 is 5.32 Å². The van der Waals surface area contributed by atoms with Gasteiger partial charge in [0.15, 0.2) is 0 Å². The van der Waals surface area contributed by atoms with Crippen molar-refractivity contribution in [1.29, 1.82) is 0 Å². The molecule has 1 N–H and O–H groups in total. The van der Waals surface area contributed by atoms with Gasteiger partial charge in [-0.25, -0.2) is 0 Å². The molecule has 0 saturated heterocycles. The molecule has 0 aliphatic heterocycles. The fraction of sp³-hybridized carbons (Fsp3) is 0.714. The van der Waals surface area contributed by atoms with Gasteiger partial charge < -0.3 is 9.73 Å². The molecule has 90 valence electrons. The molecule has 1 fully saturated rings. The second-order valence-electron chi connectivity index (χ2n) is 5.86. The van der Waals surface area contributed by atoms with E-state index in [0.717, 1.165) is 37.1 Å². The largest absolute Gasteiger partial charge is 0.469 e. The summed E-state index contributed by atoms with van der Waals surface area (Å²) in [5.41, 5.74) is 0.474. The molecular weight excluding hydrogens is 198 g/mol. The summed E-state index contributed by atoms with van der Waals surface area (Å²) in [6, 6.07) is 4.06. The second-order valence-corrected chi connectivity index (χ2v) is 5.86. The topological polar surface area (TPSA) is 25.2 Å². The maximum Gasteiger partial charge on any atom is 0.104 e. The first-order valence-electron chi connectivity index (χ1n) is 6.33. The molecule has 1 aliphatic rings. The summed E-state index contributed by atoms with van der Waals surface area (Å²) in [5, 5.41) is 3.55. The molecule has 1 saturated carbocycles. The maximum absolute atomic E-state index is 5.42. The average Bonchev–Trinajstić information content (AvgIpc) is 2.63. The smallest absolute Gasteiger partial charge is 0.104 e. The lowest BCUT2D eigenvalue weighted by Crippen LogP contribution is -2.23. The molecule has 1 aromatic heterocycles. The van der Waals surface area contributed by atoms with Gasteiger partial charge in [-0.2, -0.15) is 0 Å². The van der Waals surface area contributed by atoms with E-state index in [1.165, 1.54) is 6.42 Å². The van der Waals surface area contributed by atoms with E-state index in [9.17, 15) is 0 Å². The molecule has 0 spiro atoms. The molecule has 2 rings (SSSR count). The third-order valence-corrected chi connectivity index (χ3v) is 3.64. The molecule has 0 bridgehead atoms. The van der Waals surface area contributed by atoms with Crippen LogP contribution in [0.4, 0.5) is 0 Å². The second kappa shape index (κ2) is 4.62. The number of nitrogens with one attached hydrogen (secondary N) is 1. The Kier molecular flexibility index (Phi) is 3.38. The van der Waals surface area contributed by atoms with E-state index in [1.54, 1.807) is 6.26 Å². The Morgan fingerprint density at radius 1 is 1.56 bits per heavy atom. The molecule has 2 atom stereocenters. The van der Waals surface area contributed by atoms with E-state index < -0.39 is 0 Å². The van der Waals surface area contributed by atoms with Crippen LogP contribution in [-0.2, 0) is 6.42 Å². The van der Waals surface area contributed by atoms with Crippen LogP contribution in [0.3, 0.4) is 0 Å². The van der Waals surface area contributed by atoms with Crippen molar-refractivity contribution in [2.45, 2.75) is 33.6 Å². The van der Waals surface area contributed by atoms with E-state index >= 15 is 0 Å². The Hall–Kier alpha value is -0.760. The van der Waals surface area contributed by atoms with Crippen LogP contribution in [0.25, 0.3) is 0 Å². The normalized spacial score (nSPS) is 28.6. The highest BCUT2D eigenvalue weighted by Crippen LogP contribution is 2.53. The third kappa shape index (κ3) is 2.88. The Bertz CT molecular complexity index is 317. The summed E-state index contributed by atoms with van der Waals surface area (Å²) in [6.07, 6.45) is 4.19. The Morgan fingerprint density at radius 3 is 3.00 bits per heavy atom. The van der Waals surface area contributed by atoms with Gasteiger partial charge in [-0.1, -0.05) is 20.8 Å². The molecule has 0 radical (unpaired) electrons. The predicted molar refractivity (Wildman–Crippen MR) is 66.3 cm³/mol. The molecular formula is C14H23NO. The van der Waals surface area contributed by atoms with Gasteiger partial charge >= 0.3 is 0 Å². The molecule has 2 heteroatoms. The lowest BCUT2D eigenvalue weighted by atomic mass is 10.0. The molecule has 1 heterocycles. The summed E-state index contributed by atoms with van der Waals surface area (Å²) in [4.78, 5) is 0. The lowest BCUT2D eigenvalue weighted by molar-refractivity contribution is 0.409. The highest BCUT2D eigenvalue weighted by molar-refractivity contribution is 5.09. The Morgan fingerprint density at radius 2 is 2.38 bits per heavy atom. The van der Waals surface area contributed by atoms with Crippen LogP contribution in [0.2, 0.25) is 0 Å².